The average Bonchev–Trinajstić information content (AvgIpc) is 2.21. The molecule has 1 aliphatic heterocycles. The molecule has 0 radical (unpaired) electrons. The molecule has 1 aromatic heterocycles. The minimum Gasteiger partial charge on any atom is -0.314 e. The van der Waals surface area contributed by atoms with E-state index in [2.05, 4.69) is 25.4 Å². The second-order valence-electron chi connectivity index (χ2n) is 3.09. The highest BCUT2D eigenvalue weighted by Gasteiger charge is 2.10. The molecule has 5 heteroatoms. The lowest BCUT2D eigenvalue weighted by molar-refractivity contribution is 0.227. The molecule has 0 atom stereocenters. The first-order valence-corrected chi connectivity index (χ1v) is 4.51. The Labute approximate surface area is 77.2 Å². The van der Waals surface area contributed by atoms with Crippen molar-refractivity contribution >= 4 is 0 Å². The minimum atomic E-state index is 0.810. The molecule has 0 bridgehead atoms. The third kappa shape index (κ3) is 2.43. The normalized spacial score (nSPS) is 18.8. The molecule has 0 saturated carbocycles. The van der Waals surface area contributed by atoms with Crippen molar-refractivity contribution in [1.82, 2.24) is 25.4 Å². The fourth-order valence-corrected chi connectivity index (χ4v) is 1.42. The lowest BCUT2D eigenvalue weighted by Gasteiger charge is -2.25. The SMILES string of the molecule is c1cnc(CN2CCNCC2)nn1. The summed E-state index contributed by atoms with van der Waals surface area (Å²) >= 11 is 0. The number of aromatic nitrogens is 3. The van der Waals surface area contributed by atoms with E-state index >= 15 is 0 Å². The van der Waals surface area contributed by atoms with Crippen LogP contribution in [-0.2, 0) is 6.54 Å². The number of piperazine rings is 1. The Morgan fingerprint density at radius 2 is 2.15 bits per heavy atom. The topological polar surface area (TPSA) is 53.9 Å². The summed E-state index contributed by atoms with van der Waals surface area (Å²) in [5.41, 5.74) is 0. The summed E-state index contributed by atoms with van der Waals surface area (Å²) in [6.07, 6.45) is 3.28. The van der Waals surface area contributed by atoms with Gasteiger partial charge in [0.25, 0.3) is 0 Å². The van der Waals surface area contributed by atoms with Crippen molar-refractivity contribution in [3.8, 4) is 0 Å². The Morgan fingerprint density at radius 3 is 2.85 bits per heavy atom. The molecule has 0 aliphatic carbocycles. The number of rotatable bonds is 2. The third-order valence-corrected chi connectivity index (χ3v) is 2.10. The Kier molecular flexibility index (Phi) is 2.79. The summed E-state index contributed by atoms with van der Waals surface area (Å²) in [6.45, 7) is 5.06. The standard InChI is InChI=1S/C8H13N5/c1-2-11-12-8(10-1)7-13-5-3-9-4-6-13/h1-2,9H,3-7H2. The maximum atomic E-state index is 4.14. The molecule has 1 saturated heterocycles. The van der Waals surface area contributed by atoms with Crippen molar-refractivity contribution in [2.24, 2.45) is 0 Å². The monoisotopic (exact) mass is 179 g/mol. The molecule has 1 fully saturated rings. The van der Waals surface area contributed by atoms with E-state index in [-0.39, 0.29) is 0 Å². The van der Waals surface area contributed by atoms with Gasteiger partial charge in [-0.1, -0.05) is 0 Å². The van der Waals surface area contributed by atoms with Crippen molar-refractivity contribution < 1.29 is 0 Å². The van der Waals surface area contributed by atoms with Crippen molar-refractivity contribution in [1.29, 1.82) is 0 Å². The maximum absolute atomic E-state index is 4.14. The molecule has 0 spiro atoms. The number of hydrogen-bond donors (Lipinski definition) is 1. The van der Waals surface area contributed by atoms with E-state index in [0.717, 1.165) is 38.5 Å². The zero-order valence-electron chi connectivity index (χ0n) is 7.48. The Balaban J connectivity index is 1.90. The van der Waals surface area contributed by atoms with Crippen LogP contribution in [0.1, 0.15) is 5.82 Å². The second-order valence-corrected chi connectivity index (χ2v) is 3.09. The van der Waals surface area contributed by atoms with Crippen molar-refractivity contribution in [3.63, 3.8) is 0 Å². The van der Waals surface area contributed by atoms with E-state index < -0.39 is 0 Å². The highest BCUT2D eigenvalue weighted by atomic mass is 15.2. The fourth-order valence-electron chi connectivity index (χ4n) is 1.42. The summed E-state index contributed by atoms with van der Waals surface area (Å²) < 4.78 is 0. The number of hydrogen-bond acceptors (Lipinski definition) is 5. The van der Waals surface area contributed by atoms with Gasteiger partial charge in [-0.15, -0.1) is 5.10 Å². The molecule has 0 amide bonds. The van der Waals surface area contributed by atoms with Gasteiger partial charge in [0, 0.05) is 32.4 Å². The average molecular weight is 179 g/mol. The molecular weight excluding hydrogens is 166 g/mol. The highest BCUT2D eigenvalue weighted by Crippen LogP contribution is 1.97. The lowest BCUT2D eigenvalue weighted by atomic mass is 10.3. The first-order chi connectivity index (χ1) is 6.45. The van der Waals surface area contributed by atoms with Gasteiger partial charge >= 0.3 is 0 Å². The van der Waals surface area contributed by atoms with Crippen LogP contribution in [0, 0.1) is 0 Å². The van der Waals surface area contributed by atoms with Crippen LogP contribution in [-0.4, -0.2) is 46.3 Å². The van der Waals surface area contributed by atoms with Gasteiger partial charge in [0.1, 0.15) is 0 Å². The van der Waals surface area contributed by atoms with E-state index in [1.807, 2.05) is 0 Å². The summed E-state index contributed by atoms with van der Waals surface area (Å²) in [5.74, 6) is 0.810. The van der Waals surface area contributed by atoms with Gasteiger partial charge in [0.15, 0.2) is 5.82 Å². The van der Waals surface area contributed by atoms with Crippen LogP contribution in [0.5, 0.6) is 0 Å². The van der Waals surface area contributed by atoms with Gasteiger partial charge < -0.3 is 5.32 Å². The molecule has 1 aromatic rings. The summed E-state index contributed by atoms with van der Waals surface area (Å²) in [6, 6.07) is 0. The third-order valence-electron chi connectivity index (χ3n) is 2.10. The van der Waals surface area contributed by atoms with Gasteiger partial charge in [-0.2, -0.15) is 5.10 Å². The summed E-state index contributed by atoms with van der Waals surface area (Å²) in [5, 5.41) is 11.0. The van der Waals surface area contributed by atoms with Crippen molar-refractivity contribution in [3.05, 3.63) is 18.2 Å². The van der Waals surface area contributed by atoms with E-state index in [1.165, 1.54) is 0 Å². The van der Waals surface area contributed by atoms with Gasteiger partial charge in [-0.05, 0) is 0 Å². The summed E-state index contributed by atoms with van der Waals surface area (Å²) in [7, 11) is 0. The quantitative estimate of drug-likeness (QED) is 0.649. The van der Waals surface area contributed by atoms with Crippen LogP contribution in [0.15, 0.2) is 12.4 Å². The molecule has 1 N–H and O–H groups in total. The molecular formula is C8H13N5. The van der Waals surface area contributed by atoms with E-state index in [9.17, 15) is 0 Å². The zero-order chi connectivity index (χ0) is 8.93. The molecule has 2 heterocycles. The van der Waals surface area contributed by atoms with E-state index in [4.69, 9.17) is 0 Å². The van der Waals surface area contributed by atoms with Crippen LogP contribution >= 0.6 is 0 Å². The molecule has 5 nitrogen and oxygen atoms in total. The van der Waals surface area contributed by atoms with Crippen LogP contribution in [0.4, 0.5) is 0 Å². The van der Waals surface area contributed by atoms with E-state index in [1.54, 1.807) is 12.4 Å². The van der Waals surface area contributed by atoms with Crippen LogP contribution < -0.4 is 5.32 Å². The van der Waals surface area contributed by atoms with Gasteiger partial charge in [-0.25, -0.2) is 4.98 Å². The molecule has 13 heavy (non-hydrogen) atoms. The molecule has 70 valence electrons. The fraction of sp³-hybridized carbons (Fsp3) is 0.625. The van der Waals surface area contributed by atoms with Crippen molar-refractivity contribution in [2.75, 3.05) is 26.2 Å². The Morgan fingerprint density at radius 1 is 1.31 bits per heavy atom. The molecule has 0 unspecified atom stereocenters. The smallest absolute Gasteiger partial charge is 0.164 e. The molecule has 0 aromatic carbocycles. The number of nitrogens with zero attached hydrogens (tertiary/aromatic N) is 4. The van der Waals surface area contributed by atoms with Gasteiger partial charge in [0.05, 0.1) is 12.7 Å². The lowest BCUT2D eigenvalue weighted by Crippen LogP contribution is -2.43. The second kappa shape index (κ2) is 4.25. The molecule has 1 aliphatic rings. The van der Waals surface area contributed by atoms with Gasteiger partial charge in [0.2, 0.25) is 0 Å². The van der Waals surface area contributed by atoms with Crippen LogP contribution in [0.2, 0.25) is 0 Å². The summed E-state index contributed by atoms with van der Waals surface area (Å²) in [4.78, 5) is 6.46. The van der Waals surface area contributed by atoms with Crippen LogP contribution in [0.25, 0.3) is 0 Å². The van der Waals surface area contributed by atoms with Gasteiger partial charge in [-0.3, -0.25) is 4.90 Å². The predicted octanol–water partition coefficient (Wildman–Crippen LogP) is -0.723. The van der Waals surface area contributed by atoms with Crippen LogP contribution in [0.3, 0.4) is 0 Å². The number of nitrogens with one attached hydrogen (secondary N) is 1. The first kappa shape index (κ1) is 8.52. The largest absolute Gasteiger partial charge is 0.314 e. The first-order valence-electron chi connectivity index (χ1n) is 4.51. The highest BCUT2D eigenvalue weighted by molar-refractivity contribution is 4.82. The Bertz CT molecular complexity index is 244. The maximum Gasteiger partial charge on any atom is 0.164 e. The molecule has 2 rings (SSSR count). The Hall–Kier alpha value is -1.07. The van der Waals surface area contributed by atoms with E-state index in [0.29, 0.717) is 0 Å². The van der Waals surface area contributed by atoms with Crippen molar-refractivity contribution in [2.45, 2.75) is 6.54 Å². The minimum absolute atomic E-state index is 0.810. The predicted molar refractivity (Wildman–Crippen MR) is 48.0 cm³/mol. The zero-order valence-corrected chi connectivity index (χ0v) is 7.48.